The number of piperidine rings is 1. The van der Waals surface area contributed by atoms with Crippen LogP contribution < -0.4 is 15.0 Å². The van der Waals surface area contributed by atoms with Crippen LogP contribution in [0.2, 0.25) is 5.02 Å². The number of ether oxygens (including phenoxy) is 1. The van der Waals surface area contributed by atoms with Crippen molar-refractivity contribution in [2.75, 3.05) is 23.3 Å². The minimum absolute atomic E-state index is 0.0211. The number of nitrogens with one attached hydrogen (secondary N) is 1. The first-order valence-electron chi connectivity index (χ1n) is 11.9. The molecule has 3 fully saturated rings. The maximum atomic E-state index is 13.6. The van der Waals surface area contributed by atoms with Crippen molar-refractivity contribution >= 4 is 23.4 Å². The van der Waals surface area contributed by atoms with Crippen molar-refractivity contribution in [3.8, 4) is 11.8 Å². The van der Waals surface area contributed by atoms with Gasteiger partial charge in [-0.1, -0.05) is 11.6 Å². The van der Waals surface area contributed by atoms with Crippen LogP contribution in [0.3, 0.4) is 0 Å². The van der Waals surface area contributed by atoms with Gasteiger partial charge in [0.05, 0.1) is 11.1 Å². The Labute approximate surface area is 202 Å². The average molecular weight is 484 g/mol. The summed E-state index contributed by atoms with van der Waals surface area (Å²) in [7, 11) is 0. The van der Waals surface area contributed by atoms with Gasteiger partial charge in [-0.05, 0) is 63.0 Å². The minimum Gasteiger partial charge on any atom is -0.424 e. The highest BCUT2D eigenvalue weighted by atomic mass is 35.5. The minimum atomic E-state index is -0.476. The SMILES string of the molecule is Cc1cc(N2C[C@H]3CC[C@@H](C2)C3Nc2nc(Oc3ccc(F)c(Cl)c3)n(C3CCC3)n2)ncn1. The van der Waals surface area contributed by atoms with Gasteiger partial charge >= 0.3 is 6.01 Å². The average Bonchev–Trinajstić information content (AvgIpc) is 3.25. The number of hydrogen-bond acceptors (Lipinski definition) is 7. The Kier molecular flexibility index (Phi) is 5.51. The van der Waals surface area contributed by atoms with Crippen LogP contribution in [0.15, 0.2) is 30.6 Å². The van der Waals surface area contributed by atoms with Gasteiger partial charge in [-0.3, -0.25) is 0 Å². The van der Waals surface area contributed by atoms with Crippen molar-refractivity contribution in [2.24, 2.45) is 11.8 Å². The maximum Gasteiger partial charge on any atom is 0.322 e. The number of fused-ring (bicyclic) bond motifs is 2. The molecular formula is C24H27ClFN7O. The molecule has 10 heteroatoms. The van der Waals surface area contributed by atoms with Crippen molar-refractivity contribution in [1.29, 1.82) is 0 Å². The number of rotatable bonds is 6. The van der Waals surface area contributed by atoms with Gasteiger partial charge in [0.1, 0.15) is 23.7 Å². The summed E-state index contributed by atoms with van der Waals surface area (Å²) in [4.78, 5) is 15.8. The first-order valence-corrected chi connectivity index (χ1v) is 12.3. The fourth-order valence-electron chi connectivity index (χ4n) is 5.36. The molecule has 6 rings (SSSR count). The summed E-state index contributed by atoms with van der Waals surface area (Å²) in [6, 6.07) is 7.37. The third kappa shape index (κ3) is 4.06. The predicted octanol–water partition coefficient (Wildman–Crippen LogP) is 5.01. The zero-order chi connectivity index (χ0) is 23.2. The molecule has 0 amide bonds. The Bertz CT molecular complexity index is 1190. The second kappa shape index (κ2) is 8.69. The molecule has 1 aromatic carbocycles. The van der Waals surface area contributed by atoms with E-state index in [4.69, 9.17) is 21.4 Å². The molecule has 1 aliphatic heterocycles. The van der Waals surface area contributed by atoms with Crippen LogP contribution >= 0.6 is 11.6 Å². The van der Waals surface area contributed by atoms with E-state index in [1.54, 1.807) is 12.4 Å². The Morgan fingerprint density at radius 1 is 1.09 bits per heavy atom. The molecule has 178 valence electrons. The number of benzene rings is 1. The molecule has 0 radical (unpaired) electrons. The van der Waals surface area contributed by atoms with Gasteiger partial charge in [0, 0.05) is 37.0 Å². The van der Waals surface area contributed by atoms with E-state index >= 15 is 0 Å². The van der Waals surface area contributed by atoms with Gasteiger partial charge in [0.25, 0.3) is 0 Å². The standard InChI is InChI=1S/C24H27ClFN7O/c1-14-9-21(28-13-27-14)32-11-15-5-6-16(12-32)22(15)29-23-30-24(33(31-23)17-3-2-4-17)34-18-7-8-20(26)19(25)10-18/h7-10,13,15-17,22H,2-6,11-12H2,1H3,(H,29,31)/t15-,16+,22?. The summed E-state index contributed by atoms with van der Waals surface area (Å²) in [5.74, 6) is 2.54. The summed E-state index contributed by atoms with van der Waals surface area (Å²) >= 11 is 5.94. The molecule has 34 heavy (non-hydrogen) atoms. The second-order valence-electron chi connectivity index (χ2n) is 9.62. The molecule has 1 N–H and O–H groups in total. The van der Waals surface area contributed by atoms with Crippen LogP contribution in [0.4, 0.5) is 16.2 Å². The molecule has 2 aromatic heterocycles. The monoisotopic (exact) mass is 483 g/mol. The number of hydrogen-bond donors (Lipinski definition) is 1. The molecule has 2 saturated carbocycles. The second-order valence-corrected chi connectivity index (χ2v) is 10.0. The Balaban J connectivity index is 1.20. The van der Waals surface area contributed by atoms with Crippen molar-refractivity contribution < 1.29 is 9.13 Å². The fourth-order valence-corrected chi connectivity index (χ4v) is 5.53. The maximum absolute atomic E-state index is 13.6. The van der Waals surface area contributed by atoms with Crippen LogP contribution in [0, 0.1) is 24.6 Å². The van der Waals surface area contributed by atoms with Crippen molar-refractivity contribution in [3.05, 3.63) is 47.1 Å². The molecule has 1 unspecified atom stereocenters. The number of halogens is 2. The van der Waals surface area contributed by atoms with Crippen LogP contribution in [0.25, 0.3) is 0 Å². The van der Waals surface area contributed by atoms with Crippen molar-refractivity contribution in [3.63, 3.8) is 0 Å². The third-order valence-corrected chi connectivity index (χ3v) is 7.65. The van der Waals surface area contributed by atoms with Crippen LogP contribution in [-0.4, -0.2) is 43.9 Å². The Morgan fingerprint density at radius 2 is 1.88 bits per heavy atom. The lowest BCUT2D eigenvalue weighted by Crippen LogP contribution is -2.48. The molecular weight excluding hydrogens is 457 g/mol. The van der Waals surface area contributed by atoms with E-state index in [1.807, 2.05) is 11.6 Å². The number of aromatic nitrogens is 5. The predicted molar refractivity (Wildman–Crippen MR) is 127 cm³/mol. The lowest BCUT2D eigenvalue weighted by molar-refractivity contribution is 0.258. The van der Waals surface area contributed by atoms with Gasteiger partial charge in [0.15, 0.2) is 0 Å². The molecule has 2 bridgehead atoms. The molecule has 2 aliphatic carbocycles. The molecule has 0 spiro atoms. The van der Waals surface area contributed by atoms with E-state index in [2.05, 4.69) is 31.2 Å². The normalized spacial score (nSPS) is 24.2. The number of aryl methyl sites for hydroxylation is 1. The molecule has 3 aromatic rings. The number of anilines is 2. The zero-order valence-electron chi connectivity index (χ0n) is 19.0. The summed E-state index contributed by atoms with van der Waals surface area (Å²) in [5.41, 5.74) is 0.985. The van der Waals surface area contributed by atoms with Gasteiger partial charge in [-0.25, -0.2) is 19.0 Å². The molecule has 3 atom stereocenters. The van der Waals surface area contributed by atoms with Crippen LogP contribution in [0.1, 0.15) is 43.8 Å². The van der Waals surface area contributed by atoms with Crippen molar-refractivity contribution in [1.82, 2.24) is 24.7 Å². The van der Waals surface area contributed by atoms with E-state index in [-0.39, 0.29) is 11.1 Å². The Hall–Kier alpha value is -2.94. The zero-order valence-corrected chi connectivity index (χ0v) is 19.7. The van der Waals surface area contributed by atoms with Crippen LogP contribution in [0.5, 0.6) is 11.8 Å². The Morgan fingerprint density at radius 3 is 2.56 bits per heavy atom. The first-order chi connectivity index (χ1) is 16.5. The smallest absolute Gasteiger partial charge is 0.322 e. The topological polar surface area (TPSA) is 81.0 Å². The lowest BCUT2D eigenvalue weighted by Gasteiger charge is -2.38. The third-order valence-electron chi connectivity index (χ3n) is 7.36. The van der Waals surface area contributed by atoms with E-state index in [0.29, 0.717) is 35.6 Å². The van der Waals surface area contributed by atoms with Crippen LogP contribution in [-0.2, 0) is 0 Å². The van der Waals surface area contributed by atoms with Gasteiger partial charge in [0.2, 0.25) is 5.95 Å². The van der Waals surface area contributed by atoms with Crippen molar-refractivity contribution in [2.45, 2.75) is 51.1 Å². The van der Waals surface area contributed by atoms with E-state index in [0.717, 1.165) is 37.4 Å². The summed E-state index contributed by atoms with van der Waals surface area (Å²) in [6.07, 6.45) is 7.24. The molecule has 3 aliphatic rings. The quantitative estimate of drug-likeness (QED) is 0.527. The van der Waals surface area contributed by atoms with E-state index in [1.165, 1.54) is 31.4 Å². The first kappa shape index (κ1) is 21.6. The summed E-state index contributed by atoms with van der Waals surface area (Å²) in [6.45, 7) is 3.90. The van der Waals surface area contributed by atoms with Gasteiger partial charge < -0.3 is 15.0 Å². The molecule has 3 heterocycles. The number of nitrogens with zero attached hydrogens (tertiary/aromatic N) is 6. The highest BCUT2D eigenvalue weighted by Crippen LogP contribution is 2.41. The largest absolute Gasteiger partial charge is 0.424 e. The summed E-state index contributed by atoms with van der Waals surface area (Å²) < 4.78 is 21.4. The fraction of sp³-hybridized carbons (Fsp3) is 0.500. The van der Waals surface area contributed by atoms with Gasteiger partial charge in [-0.15, -0.1) is 5.10 Å². The highest BCUT2D eigenvalue weighted by molar-refractivity contribution is 6.30. The van der Waals surface area contributed by atoms with Gasteiger partial charge in [-0.2, -0.15) is 4.98 Å². The molecule has 1 saturated heterocycles. The van der Waals surface area contributed by atoms with E-state index < -0.39 is 5.82 Å². The molecule has 8 nitrogen and oxygen atoms in total. The lowest BCUT2D eigenvalue weighted by atomic mass is 9.92. The summed E-state index contributed by atoms with van der Waals surface area (Å²) in [5, 5.41) is 8.43. The van der Waals surface area contributed by atoms with E-state index in [9.17, 15) is 4.39 Å². The highest BCUT2D eigenvalue weighted by Gasteiger charge is 2.43.